The number of aromatic nitrogens is 2. The molecule has 19 heavy (non-hydrogen) atoms. The molecule has 0 radical (unpaired) electrons. The summed E-state index contributed by atoms with van der Waals surface area (Å²) >= 11 is 1.15. The van der Waals surface area contributed by atoms with Gasteiger partial charge in [-0.15, -0.1) is 5.10 Å². The van der Waals surface area contributed by atoms with Gasteiger partial charge in [-0.2, -0.15) is 0 Å². The molecule has 1 aromatic carbocycles. The Morgan fingerprint density at radius 3 is 2.68 bits per heavy atom. The first kappa shape index (κ1) is 13.5. The Hall–Kier alpha value is -1.95. The summed E-state index contributed by atoms with van der Waals surface area (Å²) in [7, 11) is 1.78. The van der Waals surface area contributed by atoms with E-state index >= 15 is 0 Å². The number of anilines is 1. The molecular formula is C13H16N4OS. The minimum absolute atomic E-state index is 0.0383. The summed E-state index contributed by atoms with van der Waals surface area (Å²) in [5.74, 6) is -0.0383. The van der Waals surface area contributed by atoms with Gasteiger partial charge in [0.15, 0.2) is 0 Å². The molecule has 2 aromatic rings. The van der Waals surface area contributed by atoms with Gasteiger partial charge in [0.25, 0.3) is 5.91 Å². The highest BCUT2D eigenvalue weighted by Crippen LogP contribution is 2.15. The van der Waals surface area contributed by atoms with E-state index in [0.717, 1.165) is 28.5 Å². The Kier molecular flexibility index (Phi) is 4.11. The summed E-state index contributed by atoms with van der Waals surface area (Å²) in [5, 5.41) is 3.96. The number of benzene rings is 1. The quantitative estimate of drug-likeness (QED) is 0.866. The predicted molar refractivity (Wildman–Crippen MR) is 75.9 cm³/mol. The number of nitrogens with two attached hydrogens (primary N) is 1. The Morgan fingerprint density at radius 2 is 2.05 bits per heavy atom. The molecule has 1 aromatic heterocycles. The Morgan fingerprint density at radius 1 is 1.37 bits per heavy atom. The van der Waals surface area contributed by atoms with Gasteiger partial charge in [0.1, 0.15) is 4.88 Å². The zero-order valence-electron chi connectivity index (χ0n) is 11.0. The molecule has 0 fully saturated rings. The minimum Gasteiger partial charge on any atom is -0.399 e. The van der Waals surface area contributed by atoms with Crippen LogP contribution in [0.1, 0.15) is 27.9 Å². The highest BCUT2D eigenvalue weighted by molar-refractivity contribution is 7.07. The number of rotatable bonds is 4. The minimum atomic E-state index is -0.0383. The fourth-order valence-corrected chi connectivity index (χ4v) is 2.49. The van der Waals surface area contributed by atoms with Crippen LogP contribution in [0.2, 0.25) is 0 Å². The summed E-state index contributed by atoms with van der Waals surface area (Å²) in [5.41, 5.74) is 8.16. The molecule has 0 saturated carbocycles. The van der Waals surface area contributed by atoms with E-state index in [-0.39, 0.29) is 5.91 Å². The largest absolute Gasteiger partial charge is 0.399 e. The summed E-state index contributed by atoms with van der Waals surface area (Å²) in [6.45, 7) is 2.51. The van der Waals surface area contributed by atoms with Crippen molar-refractivity contribution in [3.05, 3.63) is 40.4 Å². The third kappa shape index (κ3) is 3.08. The maximum atomic E-state index is 12.3. The van der Waals surface area contributed by atoms with E-state index in [1.807, 2.05) is 31.2 Å². The second kappa shape index (κ2) is 5.79. The number of carbonyl (C=O) groups is 1. The molecule has 1 amide bonds. The average molecular weight is 276 g/mol. The van der Waals surface area contributed by atoms with Crippen LogP contribution in [0.3, 0.4) is 0 Å². The lowest BCUT2D eigenvalue weighted by Gasteiger charge is -2.16. The molecule has 0 saturated heterocycles. The molecule has 0 unspecified atom stereocenters. The van der Waals surface area contributed by atoms with E-state index < -0.39 is 0 Å². The second-order valence-electron chi connectivity index (χ2n) is 4.31. The van der Waals surface area contributed by atoms with Crippen molar-refractivity contribution < 1.29 is 4.79 Å². The molecule has 2 N–H and O–H groups in total. The molecule has 1 heterocycles. The predicted octanol–water partition coefficient (Wildman–Crippen LogP) is 1.95. The lowest BCUT2D eigenvalue weighted by molar-refractivity contribution is 0.0788. The van der Waals surface area contributed by atoms with Gasteiger partial charge in [-0.05, 0) is 35.6 Å². The van der Waals surface area contributed by atoms with E-state index in [9.17, 15) is 4.79 Å². The van der Waals surface area contributed by atoms with Crippen molar-refractivity contribution in [3.63, 3.8) is 0 Å². The van der Waals surface area contributed by atoms with Gasteiger partial charge in [-0.1, -0.05) is 23.5 Å². The van der Waals surface area contributed by atoms with Crippen molar-refractivity contribution in [2.45, 2.75) is 19.9 Å². The number of nitrogens with zero attached hydrogens (tertiary/aromatic N) is 3. The van der Waals surface area contributed by atoms with Gasteiger partial charge in [-0.3, -0.25) is 4.79 Å². The topological polar surface area (TPSA) is 72.1 Å². The highest BCUT2D eigenvalue weighted by Gasteiger charge is 2.18. The van der Waals surface area contributed by atoms with E-state index in [0.29, 0.717) is 17.8 Å². The van der Waals surface area contributed by atoms with Crippen molar-refractivity contribution in [2.75, 3.05) is 12.8 Å². The number of aryl methyl sites for hydroxylation is 1. The van der Waals surface area contributed by atoms with Crippen LogP contribution in [0.4, 0.5) is 5.69 Å². The van der Waals surface area contributed by atoms with E-state index in [1.54, 1.807) is 11.9 Å². The van der Waals surface area contributed by atoms with Crippen LogP contribution in [0.25, 0.3) is 0 Å². The standard InChI is InChI=1S/C13H16N4OS/c1-3-11-12(19-16-15-11)13(18)17(2)8-9-4-6-10(14)7-5-9/h4-7H,3,8,14H2,1-2H3. The first-order valence-electron chi connectivity index (χ1n) is 6.03. The number of hydrogen-bond donors (Lipinski definition) is 1. The second-order valence-corrected chi connectivity index (χ2v) is 5.06. The zero-order chi connectivity index (χ0) is 13.8. The third-order valence-electron chi connectivity index (χ3n) is 2.83. The maximum Gasteiger partial charge on any atom is 0.267 e. The molecule has 100 valence electrons. The molecule has 0 bridgehead atoms. The van der Waals surface area contributed by atoms with Crippen LogP contribution in [0.5, 0.6) is 0 Å². The van der Waals surface area contributed by atoms with E-state index in [4.69, 9.17) is 5.73 Å². The van der Waals surface area contributed by atoms with Crippen molar-refractivity contribution >= 4 is 23.1 Å². The highest BCUT2D eigenvalue weighted by atomic mass is 32.1. The van der Waals surface area contributed by atoms with Crippen LogP contribution in [0.15, 0.2) is 24.3 Å². The number of carbonyl (C=O) groups excluding carboxylic acids is 1. The van der Waals surface area contributed by atoms with Crippen molar-refractivity contribution in [1.29, 1.82) is 0 Å². The van der Waals surface area contributed by atoms with E-state index in [1.165, 1.54) is 0 Å². The van der Waals surface area contributed by atoms with Crippen molar-refractivity contribution in [2.24, 2.45) is 0 Å². The van der Waals surface area contributed by atoms with Crippen molar-refractivity contribution in [1.82, 2.24) is 14.5 Å². The van der Waals surface area contributed by atoms with Crippen molar-refractivity contribution in [3.8, 4) is 0 Å². The van der Waals surface area contributed by atoms with E-state index in [2.05, 4.69) is 9.59 Å². The van der Waals surface area contributed by atoms with Crippen LogP contribution in [0, 0.1) is 0 Å². The lowest BCUT2D eigenvalue weighted by atomic mass is 10.2. The Bertz CT molecular complexity index is 564. The third-order valence-corrected chi connectivity index (χ3v) is 3.59. The van der Waals surface area contributed by atoms with Gasteiger partial charge in [0, 0.05) is 19.3 Å². The van der Waals surface area contributed by atoms with Gasteiger partial charge >= 0.3 is 0 Å². The summed E-state index contributed by atoms with van der Waals surface area (Å²) in [4.78, 5) is 14.6. The lowest BCUT2D eigenvalue weighted by Crippen LogP contribution is -2.26. The van der Waals surface area contributed by atoms with Crippen LogP contribution >= 0.6 is 11.5 Å². The van der Waals surface area contributed by atoms with Gasteiger partial charge in [0.2, 0.25) is 0 Å². The van der Waals surface area contributed by atoms with Gasteiger partial charge in [0.05, 0.1) is 5.69 Å². The number of nitrogen functional groups attached to an aromatic ring is 1. The molecule has 0 aliphatic rings. The average Bonchev–Trinajstić information content (AvgIpc) is 2.88. The Balaban J connectivity index is 2.09. The molecule has 0 aliphatic heterocycles. The van der Waals surface area contributed by atoms with Gasteiger partial charge < -0.3 is 10.6 Å². The smallest absolute Gasteiger partial charge is 0.267 e. The molecule has 0 spiro atoms. The van der Waals surface area contributed by atoms with Crippen LogP contribution in [-0.2, 0) is 13.0 Å². The first-order chi connectivity index (χ1) is 9.11. The number of hydrogen-bond acceptors (Lipinski definition) is 5. The Labute approximate surface area is 116 Å². The maximum absolute atomic E-state index is 12.3. The fourth-order valence-electron chi connectivity index (χ4n) is 1.74. The molecule has 2 rings (SSSR count). The molecule has 0 atom stereocenters. The first-order valence-corrected chi connectivity index (χ1v) is 6.80. The van der Waals surface area contributed by atoms with Gasteiger partial charge in [-0.25, -0.2) is 0 Å². The summed E-state index contributed by atoms with van der Waals surface area (Å²) < 4.78 is 3.84. The SMILES string of the molecule is CCc1nnsc1C(=O)N(C)Cc1ccc(N)cc1. The normalized spacial score (nSPS) is 10.4. The molecule has 6 heteroatoms. The number of amides is 1. The zero-order valence-corrected chi connectivity index (χ0v) is 11.8. The molecular weight excluding hydrogens is 260 g/mol. The van der Waals surface area contributed by atoms with Crippen LogP contribution < -0.4 is 5.73 Å². The summed E-state index contributed by atoms with van der Waals surface area (Å²) in [6, 6.07) is 7.51. The summed E-state index contributed by atoms with van der Waals surface area (Å²) in [6.07, 6.45) is 0.716. The monoisotopic (exact) mass is 276 g/mol. The molecule has 0 aliphatic carbocycles. The molecule has 5 nitrogen and oxygen atoms in total. The van der Waals surface area contributed by atoms with Crippen LogP contribution in [-0.4, -0.2) is 27.4 Å². The fraction of sp³-hybridized carbons (Fsp3) is 0.308.